The maximum Gasteiger partial charge on any atom is 0.250 e. The molecule has 2 N–H and O–H groups in total. The Bertz CT molecular complexity index is 492. The standard InChI is InChI=1S/C17H28N2O/c1-4-17(2,3)14-9-8-13(12-18)15(11-14)19-10-6-5-7-16(19)20/h5-7,10,13-15H,4,8-9,11-12,18H2,1-3H3. The zero-order valence-corrected chi connectivity index (χ0v) is 13.0. The lowest BCUT2D eigenvalue weighted by molar-refractivity contribution is 0.0887. The van der Waals surface area contributed by atoms with E-state index in [2.05, 4.69) is 20.8 Å². The van der Waals surface area contributed by atoms with Crippen LogP contribution in [0.5, 0.6) is 0 Å². The first kappa shape index (κ1) is 15.3. The fourth-order valence-corrected chi connectivity index (χ4v) is 3.54. The molecule has 112 valence electrons. The third-order valence-electron chi connectivity index (χ3n) is 5.48. The number of pyridine rings is 1. The SMILES string of the molecule is CCC(C)(C)C1CCC(CN)C(n2ccccc2=O)C1. The molecular weight excluding hydrogens is 248 g/mol. The van der Waals surface area contributed by atoms with Crippen LogP contribution in [0.2, 0.25) is 0 Å². The van der Waals surface area contributed by atoms with Gasteiger partial charge in [-0.15, -0.1) is 0 Å². The average molecular weight is 276 g/mol. The second-order valence-corrected chi connectivity index (χ2v) is 6.86. The van der Waals surface area contributed by atoms with E-state index in [0.717, 1.165) is 12.8 Å². The van der Waals surface area contributed by atoms with Gasteiger partial charge in [0.15, 0.2) is 0 Å². The molecule has 0 amide bonds. The van der Waals surface area contributed by atoms with Crippen LogP contribution >= 0.6 is 0 Å². The van der Waals surface area contributed by atoms with Gasteiger partial charge in [0.2, 0.25) is 0 Å². The number of hydrogen-bond acceptors (Lipinski definition) is 2. The van der Waals surface area contributed by atoms with Crippen LogP contribution < -0.4 is 11.3 Å². The van der Waals surface area contributed by atoms with Crippen molar-refractivity contribution in [3.8, 4) is 0 Å². The van der Waals surface area contributed by atoms with Gasteiger partial charge in [-0.05, 0) is 49.1 Å². The van der Waals surface area contributed by atoms with Gasteiger partial charge in [-0.25, -0.2) is 0 Å². The minimum Gasteiger partial charge on any atom is -0.330 e. The van der Waals surface area contributed by atoms with E-state index in [1.54, 1.807) is 6.07 Å². The second-order valence-electron chi connectivity index (χ2n) is 6.86. The summed E-state index contributed by atoms with van der Waals surface area (Å²) in [6.07, 6.45) is 6.56. The van der Waals surface area contributed by atoms with Gasteiger partial charge >= 0.3 is 0 Å². The summed E-state index contributed by atoms with van der Waals surface area (Å²) in [5.41, 5.74) is 6.40. The molecule has 1 fully saturated rings. The molecule has 1 aromatic heterocycles. The van der Waals surface area contributed by atoms with Crippen molar-refractivity contribution in [1.82, 2.24) is 4.57 Å². The van der Waals surface area contributed by atoms with Crippen molar-refractivity contribution < 1.29 is 0 Å². The third kappa shape index (κ3) is 2.98. The maximum atomic E-state index is 12.1. The smallest absolute Gasteiger partial charge is 0.250 e. The van der Waals surface area contributed by atoms with Crippen molar-refractivity contribution in [3.63, 3.8) is 0 Å². The van der Waals surface area contributed by atoms with Gasteiger partial charge < -0.3 is 10.3 Å². The van der Waals surface area contributed by atoms with Gasteiger partial charge in [-0.3, -0.25) is 4.79 Å². The van der Waals surface area contributed by atoms with Crippen LogP contribution in [-0.2, 0) is 0 Å². The molecule has 3 heteroatoms. The van der Waals surface area contributed by atoms with Crippen molar-refractivity contribution in [1.29, 1.82) is 0 Å². The van der Waals surface area contributed by atoms with Crippen molar-refractivity contribution in [2.45, 2.75) is 52.5 Å². The molecule has 2 rings (SSSR count). The zero-order valence-electron chi connectivity index (χ0n) is 13.0. The highest BCUT2D eigenvalue weighted by Crippen LogP contribution is 2.45. The Labute approximate surface area is 122 Å². The lowest BCUT2D eigenvalue weighted by Crippen LogP contribution is -2.40. The van der Waals surface area contributed by atoms with E-state index in [9.17, 15) is 4.79 Å². The molecule has 1 aliphatic carbocycles. The maximum absolute atomic E-state index is 12.1. The summed E-state index contributed by atoms with van der Waals surface area (Å²) in [6.45, 7) is 7.64. The Morgan fingerprint density at radius 3 is 2.70 bits per heavy atom. The predicted molar refractivity (Wildman–Crippen MR) is 83.7 cm³/mol. The summed E-state index contributed by atoms with van der Waals surface area (Å²) in [5, 5.41) is 0. The molecule has 3 atom stereocenters. The van der Waals surface area contributed by atoms with Crippen LogP contribution in [0.3, 0.4) is 0 Å². The molecule has 20 heavy (non-hydrogen) atoms. The molecule has 0 spiro atoms. The minimum atomic E-state index is 0.103. The molecule has 3 nitrogen and oxygen atoms in total. The number of aromatic nitrogens is 1. The lowest BCUT2D eigenvalue weighted by Gasteiger charge is -2.43. The van der Waals surface area contributed by atoms with Crippen molar-refractivity contribution in [2.24, 2.45) is 23.0 Å². The molecule has 1 aromatic rings. The lowest BCUT2D eigenvalue weighted by atomic mass is 9.66. The van der Waals surface area contributed by atoms with Gasteiger partial charge in [0.1, 0.15) is 0 Å². The van der Waals surface area contributed by atoms with E-state index >= 15 is 0 Å². The monoisotopic (exact) mass is 276 g/mol. The highest BCUT2D eigenvalue weighted by Gasteiger charge is 2.37. The summed E-state index contributed by atoms with van der Waals surface area (Å²) >= 11 is 0. The second kappa shape index (κ2) is 6.13. The molecule has 1 heterocycles. The zero-order chi connectivity index (χ0) is 14.8. The average Bonchev–Trinajstić information content (AvgIpc) is 2.47. The largest absolute Gasteiger partial charge is 0.330 e. The van der Waals surface area contributed by atoms with Crippen LogP contribution in [-0.4, -0.2) is 11.1 Å². The Balaban J connectivity index is 2.28. The summed E-state index contributed by atoms with van der Waals surface area (Å²) in [4.78, 5) is 12.1. The number of rotatable bonds is 4. The van der Waals surface area contributed by atoms with Gasteiger partial charge in [-0.2, -0.15) is 0 Å². The molecule has 1 saturated carbocycles. The van der Waals surface area contributed by atoms with E-state index < -0.39 is 0 Å². The third-order valence-corrected chi connectivity index (χ3v) is 5.48. The Hall–Kier alpha value is -1.09. The summed E-state index contributed by atoms with van der Waals surface area (Å²) in [5.74, 6) is 1.10. The first-order valence-electron chi connectivity index (χ1n) is 7.86. The topological polar surface area (TPSA) is 48.0 Å². The number of hydrogen-bond donors (Lipinski definition) is 1. The van der Waals surface area contributed by atoms with Crippen LogP contribution in [0.4, 0.5) is 0 Å². The first-order valence-corrected chi connectivity index (χ1v) is 7.86. The number of nitrogens with two attached hydrogens (primary N) is 1. The van der Waals surface area contributed by atoms with E-state index in [4.69, 9.17) is 5.73 Å². The molecule has 0 aliphatic heterocycles. The van der Waals surface area contributed by atoms with E-state index in [0.29, 0.717) is 23.8 Å². The predicted octanol–water partition coefficient (Wildman–Crippen LogP) is 3.20. The van der Waals surface area contributed by atoms with E-state index in [1.165, 1.54) is 12.8 Å². The van der Waals surface area contributed by atoms with Gasteiger partial charge in [-0.1, -0.05) is 33.3 Å². The molecule has 0 bridgehead atoms. The fraction of sp³-hybridized carbons (Fsp3) is 0.706. The molecule has 3 unspecified atom stereocenters. The highest BCUT2D eigenvalue weighted by atomic mass is 16.1. The fourth-order valence-electron chi connectivity index (χ4n) is 3.54. The van der Waals surface area contributed by atoms with Crippen LogP contribution in [0.25, 0.3) is 0 Å². The molecule has 0 saturated heterocycles. The van der Waals surface area contributed by atoms with Crippen LogP contribution in [0, 0.1) is 17.3 Å². The van der Waals surface area contributed by atoms with Crippen molar-refractivity contribution in [3.05, 3.63) is 34.7 Å². The Kier molecular flexibility index (Phi) is 4.69. The molecule has 0 aromatic carbocycles. The molecule has 0 radical (unpaired) electrons. The van der Waals surface area contributed by atoms with E-state index in [-0.39, 0.29) is 11.6 Å². The van der Waals surface area contributed by atoms with Crippen molar-refractivity contribution >= 4 is 0 Å². The van der Waals surface area contributed by atoms with Gasteiger partial charge in [0.25, 0.3) is 5.56 Å². The normalized spacial score (nSPS) is 27.5. The summed E-state index contributed by atoms with van der Waals surface area (Å²) in [6, 6.07) is 5.68. The van der Waals surface area contributed by atoms with Gasteiger partial charge in [0.05, 0.1) is 0 Å². The van der Waals surface area contributed by atoms with Crippen LogP contribution in [0.1, 0.15) is 52.5 Å². The number of nitrogens with zero attached hydrogens (tertiary/aromatic N) is 1. The summed E-state index contributed by atoms with van der Waals surface area (Å²) in [7, 11) is 0. The first-order chi connectivity index (χ1) is 9.49. The quantitative estimate of drug-likeness (QED) is 0.918. The summed E-state index contributed by atoms with van der Waals surface area (Å²) < 4.78 is 1.91. The van der Waals surface area contributed by atoms with Crippen molar-refractivity contribution in [2.75, 3.05) is 6.54 Å². The minimum absolute atomic E-state index is 0.103. The Morgan fingerprint density at radius 2 is 2.10 bits per heavy atom. The van der Waals surface area contributed by atoms with E-state index in [1.807, 2.05) is 22.9 Å². The molecular formula is C17H28N2O. The Morgan fingerprint density at radius 1 is 1.35 bits per heavy atom. The van der Waals surface area contributed by atoms with Crippen LogP contribution in [0.15, 0.2) is 29.2 Å². The highest BCUT2D eigenvalue weighted by molar-refractivity contribution is 4.99. The molecule has 1 aliphatic rings. The van der Waals surface area contributed by atoms with Gasteiger partial charge in [0, 0.05) is 18.3 Å².